The topological polar surface area (TPSA) is 152 Å². The lowest BCUT2D eigenvalue weighted by atomic mass is 9.80. The standard InChI is InChI=1S/C21H17NO7.C7H6O2/c23-13-7-6-11-12-8-14-18(28-9-27-14)19(15(12)20(25)22-16(11)17(13)24)29-21(26)10-4-2-1-3-5-10;8-7(9)6-4-2-1-3-5-6/h1-6,8,13,16-17,23-24H,7,9H2,(H,22,25);1-5H,(H,8,9)/t13-,16-,17-;/m1./s1. The Kier molecular flexibility index (Phi) is 6.82. The number of carbonyl (C=O) groups is 3. The molecule has 38 heavy (non-hydrogen) atoms. The fourth-order valence-corrected chi connectivity index (χ4v) is 4.44. The van der Waals surface area contributed by atoms with Crippen molar-refractivity contribution in [3.05, 3.63) is 95.1 Å². The van der Waals surface area contributed by atoms with Crippen molar-refractivity contribution in [3.8, 4) is 17.2 Å². The van der Waals surface area contributed by atoms with E-state index in [9.17, 15) is 24.6 Å². The predicted octanol–water partition coefficient (Wildman–Crippen LogP) is 2.64. The van der Waals surface area contributed by atoms with E-state index < -0.39 is 36.1 Å². The fraction of sp³-hybridized carbons (Fsp3) is 0.179. The van der Waals surface area contributed by atoms with Gasteiger partial charge in [0.15, 0.2) is 11.5 Å². The molecule has 1 amide bonds. The van der Waals surface area contributed by atoms with Crippen molar-refractivity contribution >= 4 is 23.4 Å². The van der Waals surface area contributed by atoms with Gasteiger partial charge >= 0.3 is 11.9 Å². The van der Waals surface area contributed by atoms with Crippen LogP contribution in [0, 0.1) is 0 Å². The third kappa shape index (κ3) is 4.70. The normalized spacial score (nSPS) is 20.5. The summed E-state index contributed by atoms with van der Waals surface area (Å²) in [4.78, 5) is 35.8. The number of rotatable bonds is 3. The van der Waals surface area contributed by atoms with Crippen LogP contribution in [0.15, 0.2) is 72.8 Å². The summed E-state index contributed by atoms with van der Waals surface area (Å²) in [7, 11) is 0. The number of carboxylic acids is 1. The molecule has 2 aliphatic heterocycles. The third-order valence-corrected chi connectivity index (χ3v) is 6.32. The first-order chi connectivity index (χ1) is 18.3. The second kappa shape index (κ2) is 10.4. The highest BCUT2D eigenvalue weighted by molar-refractivity contribution is 6.08. The number of esters is 1. The Hall–Kier alpha value is -4.67. The quantitative estimate of drug-likeness (QED) is 0.304. The number of nitrogens with one attached hydrogen (secondary N) is 1. The van der Waals surface area contributed by atoms with E-state index in [0.29, 0.717) is 28.0 Å². The highest BCUT2D eigenvalue weighted by Gasteiger charge is 2.43. The average Bonchev–Trinajstić information content (AvgIpc) is 3.41. The Morgan fingerprint density at radius 1 is 0.947 bits per heavy atom. The second-order valence-electron chi connectivity index (χ2n) is 8.69. The van der Waals surface area contributed by atoms with Gasteiger partial charge in [0.2, 0.25) is 12.5 Å². The first kappa shape index (κ1) is 25.0. The molecule has 1 aliphatic carbocycles. The molecule has 0 bridgehead atoms. The van der Waals surface area contributed by atoms with Crippen molar-refractivity contribution in [2.75, 3.05) is 6.79 Å². The number of aliphatic hydroxyl groups excluding tert-OH is 2. The number of amides is 1. The first-order valence-electron chi connectivity index (χ1n) is 11.7. The zero-order valence-electron chi connectivity index (χ0n) is 19.9. The fourth-order valence-electron chi connectivity index (χ4n) is 4.44. The van der Waals surface area contributed by atoms with Gasteiger partial charge < -0.3 is 34.8 Å². The number of fused-ring (bicyclic) bond motifs is 4. The van der Waals surface area contributed by atoms with E-state index in [-0.39, 0.29) is 30.3 Å². The molecule has 0 saturated carbocycles. The van der Waals surface area contributed by atoms with Gasteiger partial charge in [-0.2, -0.15) is 0 Å². The average molecular weight is 517 g/mol. The lowest BCUT2D eigenvalue weighted by Crippen LogP contribution is -2.53. The number of aromatic carboxylic acids is 1. The Balaban J connectivity index is 0.000000278. The zero-order valence-corrected chi connectivity index (χ0v) is 19.9. The molecule has 4 N–H and O–H groups in total. The Morgan fingerprint density at radius 2 is 1.61 bits per heavy atom. The Morgan fingerprint density at radius 3 is 2.24 bits per heavy atom. The van der Waals surface area contributed by atoms with Crippen LogP contribution in [0.5, 0.6) is 17.2 Å². The van der Waals surface area contributed by atoms with Crippen LogP contribution in [0.4, 0.5) is 0 Å². The molecule has 2 heterocycles. The lowest BCUT2D eigenvalue weighted by Gasteiger charge is -2.37. The minimum atomic E-state index is -1.15. The lowest BCUT2D eigenvalue weighted by molar-refractivity contribution is 0.00499. The molecule has 6 rings (SSSR count). The maximum Gasteiger partial charge on any atom is 0.343 e. The molecule has 0 spiro atoms. The Bertz CT molecular complexity index is 1420. The molecule has 3 aromatic carbocycles. The predicted molar refractivity (Wildman–Crippen MR) is 133 cm³/mol. The molecule has 3 aliphatic rings. The van der Waals surface area contributed by atoms with E-state index in [1.807, 2.05) is 0 Å². The summed E-state index contributed by atoms with van der Waals surface area (Å²) in [5.74, 6) is -1.56. The van der Waals surface area contributed by atoms with Gasteiger partial charge in [0.05, 0.1) is 28.8 Å². The van der Waals surface area contributed by atoms with Crippen LogP contribution in [0.2, 0.25) is 0 Å². The van der Waals surface area contributed by atoms with Crippen molar-refractivity contribution in [2.45, 2.75) is 24.7 Å². The number of carboxylic acid groups (broad SMARTS) is 1. The van der Waals surface area contributed by atoms with E-state index in [2.05, 4.69) is 5.32 Å². The Labute approximate surface area is 216 Å². The van der Waals surface area contributed by atoms with Gasteiger partial charge in [-0.05, 0) is 47.9 Å². The van der Waals surface area contributed by atoms with Gasteiger partial charge in [-0.15, -0.1) is 0 Å². The summed E-state index contributed by atoms with van der Waals surface area (Å²) in [5.41, 5.74) is 1.89. The molecule has 0 aromatic heterocycles. The summed E-state index contributed by atoms with van der Waals surface area (Å²) in [6.07, 6.45) is -0.135. The van der Waals surface area contributed by atoms with E-state index in [0.717, 1.165) is 0 Å². The van der Waals surface area contributed by atoms with Crippen molar-refractivity contribution in [1.29, 1.82) is 0 Å². The highest BCUT2D eigenvalue weighted by atomic mass is 16.7. The van der Waals surface area contributed by atoms with Crippen LogP contribution in [0.3, 0.4) is 0 Å². The minimum absolute atomic E-state index is 0.0266. The van der Waals surface area contributed by atoms with Crippen LogP contribution < -0.4 is 19.5 Å². The first-order valence-corrected chi connectivity index (χ1v) is 11.7. The number of ether oxygens (including phenoxy) is 3. The van der Waals surface area contributed by atoms with E-state index in [1.54, 1.807) is 72.8 Å². The van der Waals surface area contributed by atoms with Crippen molar-refractivity contribution in [3.63, 3.8) is 0 Å². The van der Waals surface area contributed by atoms with Crippen LogP contribution in [-0.4, -0.2) is 58.2 Å². The molecular weight excluding hydrogens is 494 g/mol. The number of hydrogen-bond acceptors (Lipinski definition) is 8. The molecule has 10 nitrogen and oxygen atoms in total. The SMILES string of the molecule is O=C(O)c1ccccc1.O=C(Oc1c2c(cc3c1C(=O)N[C@@H]1C3=CC[C@@H](O)[C@H]1O)OCO2)c1ccccc1. The van der Waals surface area contributed by atoms with Gasteiger partial charge in [-0.1, -0.05) is 42.5 Å². The van der Waals surface area contributed by atoms with Crippen molar-refractivity contribution in [2.24, 2.45) is 0 Å². The van der Waals surface area contributed by atoms with Crippen LogP contribution >= 0.6 is 0 Å². The maximum absolute atomic E-state index is 12.9. The second-order valence-corrected chi connectivity index (χ2v) is 8.69. The summed E-state index contributed by atoms with van der Waals surface area (Å²) in [5, 5.41) is 31.4. The van der Waals surface area contributed by atoms with E-state index in [1.165, 1.54) is 0 Å². The molecule has 3 atom stereocenters. The van der Waals surface area contributed by atoms with Gasteiger partial charge in [-0.3, -0.25) is 4.79 Å². The molecule has 0 saturated heterocycles. The zero-order chi connectivity index (χ0) is 26.8. The summed E-state index contributed by atoms with van der Waals surface area (Å²) in [6.45, 7) is -0.0699. The number of hydrogen-bond donors (Lipinski definition) is 4. The third-order valence-electron chi connectivity index (χ3n) is 6.32. The molecule has 3 aromatic rings. The summed E-state index contributed by atoms with van der Waals surface area (Å²) >= 11 is 0. The van der Waals surface area contributed by atoms with E-state index in [4.69, 9.17) is 19.3 Å². The molecule has 0 unspecified atom stereocenters. The number of carbonyl (C=O) groups excluding carboxylic acids is 2. The maximum atomic E-state index is 12.9. The largest absolute Gasteiger partial charge is 0.478 e. The van der Waals surface area contributed by atoms with Crippen molar-refractivity contribution in [1.82, 2.24) is 5.32 Å². The minimum Gasteiger partial charge on any atom is -0.478 e. The molecule has 194 valence electrons. The smallest absolute Gasteiger partial charge is 0.343 e. The summed E-state index contributed by atoms with van der Waals surface area (Å²) in [6, 6.07) is 17.6. The van der Waals surface area contributed by atoms with Gasteiger partial charge in [-0.25, -0.2) is 9.59 Å². The van der Waals surface area contributed by atoms with Gasteiger partial charge in [0, 0.05) is 0 Å². The highest BCUT2D eigenvalue weighted by Crippen LogP contribution is 2.49. The van der Waals surface area contributed by atoms with Gasteiger partial charge in [0.1, 0.15) is 6.10 Å². The number of aliphatic hydroxyl groups is 2. The number of benzene rings is 3. The van der Waals surface area contributed by atoms with Crippen LogP contribution in [-0.2, 0) is 0 Å². The monoisotopic (exact) mass is 517 g/mol. The van der Waals surface area contributed by atoms with Crippen LogP contribution in [0.1, 0.15) is 43.1 Å². The summed E-state index contributed by atoms with van der Waals surface area (Å²) < 4.78 is 16.5. The molecular formula is C28H23NO9. The molecule has 0 radical (unpaired) electrons. The van der Waals surface area contributed by atoms with Gasteiger partial charge in [0.25, 0.3) is 5.91 Å². The molecule has 0 fully saturated rings. The van der Waals surface area contributed by atoms with E-state index >= 15 is 0 Å². The van der Waals surface area contributed by atoms with Crippen LogP contribution in [0.25, 0.3) is 5.57 Å². The van der Waals surface area contributed by atoms with Crippen molar-refractivity contribution < 1.29 is 43.9 Å². The molecule has 10 heteroatoms.